The third kappa shape index (κ3) is 2.13. The fourth-order valence-corrected chi connectivity index (χ4v) is 2.37. The molecule has 1 saturated heterocycles. The fraction of sp³-hybridized carbons (Fsp3) is 0.500. The summed E-state index contributed by atoms with van der Waals surface area (Å²) >= 11 is 0. The van der Waals surface area contributed by atoms with E-state index in [-0.39, 0.29) is 18.3 Å². The van der Waals surface area contributed by atoms with Crippen LogP contribution in [0.2, 0.25) is 0 Å². The molecule has 0 amide bonds. The van der Waals surface area contributed by atoms with Gasteiger partial charge in [0.1, 0.15) is 6.61 Å². The van der Waals surface area contributed by atoms with Crippen molar-refractivity contribution in [1.29, 1.82) is 0 Å². The molecule has 1 heterocycles. The first-order valence-electron chi connectivity index (χ1n) is 5.88. The Kier molecular flexibility index (Phi) is 3.97. The molecule has 0 N–H and O–H groups in total. The predicted molar refractivity (Wildman–Crippen MR) is 65.7 cm³/mol. The highest BCUT2D eigenvalue weighted by molar-refractivity contribution is 6.00. The monoisotopic (exact) mass is 248 g/mol. The molecule has 0 saturated carbocycles. The van der Waals surface area contributed by atoms with Crippen LogP contribution in [0, 0.1) is 18.3 Å². The SMILES string of the molecule is C#CCOC[C@@H]1CCOC2(OC)C(=O)C=CC=C12. The molecule has 1 aliphatic carbocycles. The molecule has 4 nitrogen and oxygen atoms in total. The van der Waals surface area contributed by atoms with Gasteiger partial charge in [0.05, 0.1) is 13.2 Å². The van der Waals surface area contributed by atoms with Gasteiger partial charge >= 0.3 is 0 Å². The zero-order chi connectivity index (χ0) is 13.0. The van der Waals surface area contributed by atoms with Crippen LogP contribution < -0.4 is 0 Å². The number of hydrogen-bond acceptors (Lipinski definition) is 4. The number of ether oxygens (including phenoxy) is 3. The maximum absolute atomic E-state index is 12.0. The number of methoxy groups -OCH3 is 1. The molecule has 1 fully saturated rings. The van der Waals surface area contributed by atoms with E-state index in [1.807, 2.05) is 6.08 Å². The van der Waals surface area contributed by atoms with E-state index in [0.29, 0.717) is 13.2 Å². The number of terminal acetylenes is 1. The highest BCUT2D eigenvalue weighted by atomic mass is 16.7. The third-order valence-corrected chi connectivity index (χ3v) is 3.23. The Morgan fingerprint density at radius 2 is 2.50 bits per heavy atom. The second-order valence-electron chi connectivity index (χ2n) is 4.22. The molecule has 0 bridgehead atoms. The quantitative estimate of drug-likeness (QED) is 0.551. The molecule has 18 heavy (non-hydrogen) atoms. The van der Waals surface area contributed by atoms with E-state index in [4.69, 9.17) is 20.6 Å². The summed E-state index contributed by atoms with van der Waals surface area (Å²) in [5, 5.41) is 0. The van der Waals surface area contributed by atoms with E-state index in [1.165, 1.54) is 13.2 Å². The van der Waals surface area contributed by atoms with Gasteiger partial charge in [0.2, 0.25) is 5.78 Å². The van der Waals surface area contributed by atoms with Gasteiger partial charge in [-0.25, -0.2) is 0 Å². The Morgan fingerprint density at radius 3 is 3.22 bits per heavy atom. The van der Waals surface area contributed by atoms with E-state index in [9.17, 15) is 4.79 Å². The van der Waals surface area contributed by atoms with E-state index in [2.05, 4.69) is 5.92 Å². The Balaban J connectivity index is 2.19. The first kappa shape index (κ1) is 13.0. The van der Waals surface area contributed by atoms with Gasteiger partial charge in [0, 0.05) is 18.6 Å². The molecule has 2 aliphatic rings. The van der Waals surface area contributed by atoms with Crippen molar-refractivity contribution in [1.82, 2.24) is 0 Å². The number of fused-ring (bicyclic) bond motifs is 1. The van der Waals surface area contributed by atoms with Crippen molar-refractivity contribution in [3.8, 4) is 12.3 Å². The van der Waals surface area contributed by atoms with Crippen molar-refractivity contribution in [2.75, 3.05) is 26.9 Å². The molecule has 96 valence electrons. The van der Waals surface area contributed by atoms with Crippen molar-refractivity contribution >= 4 is 5.78 Å². The Morgan fingerprint density at radius 1 is 1.67 bits per heavy atom. The number of hydrogen-bond donors (Lipinski definition) is 0. The summed E-state index contributed by atoms with van der Waals surface area (Å²) in [6.45, 7) is 1.22. The normalized spacial score (nSPS) is 30.6. The summed E-state index contributed by atoms with van der Waals surface area (Å²) in [6, 6.07) is 0. The van der Waals surface area contributed by atoms with Gasteiger partial charge in [0.15, 0.2) is 0 Å². The molecule has 0 aromatic carbocycles. The highest BCUT2D eigenvalue weighted by Gasteiger charge is 2.48. The molecular weight excluding hydrogens is 232 g/mol. The minimum atomic E-state index is -1.25. The van der Waals surface area contributed by atoms with E-state index in [0.717, 1.165) is 12.0 Å². The maximum atomic E-state index is 12.0. The molecule has 2 atom stereocenters. The number of carbonyl (C=O) groups is 1. The third-order valence-electron chi connectivity index (χ3n) is 3.23. The first-order chi connectivity index (χ1) is 8.74. The minimum absolute atomic E-state index is 0.0981. The smallest absolute Gasteiger partial charge is 0.256 e. The van der Waals surface area contributed by atoms with Crippen molar-refractivity contribution in [2.24, 2.45) is 5.92 Å². The van der Waals surface area contributed by atoms with Crippen molar-refractivity contribution in [3.05, 3.63) is 23.8 Å². The Labute approximate surface area is 107 Å². The van der Waals surface area contributed by atoms with E-state index < -0.39 is 5.79 Å². The van der Waals surface area contributed by atoms with Crippen LogP contribution in [0.25, 0.3) is 0 Å². The van der Waals surface area contributed by atoms with E-state index in [1.54, 1.807) is 6.08 Å². The molecular formula is C14H16O4. The molecule has 1 unspecified atom stereocenters. The zero-order valence-corrected chi connectivity index (χ0v) is 10.3. The summed E-state index contributed by atoms with van der Waals surface area (Å²) in [6.07, 6.45) is 11.0. The van der Waals surface area contributed by atoms with Gasteiger partial charge in [-0.3, -0.25) is 4.79 Å². The summed E-state index contributed by atoms with van der Waals surface area (Å²) in [5.41, 5.74) is 0.820. The lowest BCUT2D eigenvalue weighted by molar-refractivity contribution is -0.212. The van der Waals surface area contributed by atoms with Crippen molar-refractivity contribution in [2.45, 2.75) is 12.2 Å². The van der Waals surface area contributed by atoms with Crippen LogP contribution in [0.5, 0.6) is 0 Å². The zero-order valence-electron chi connectivity index (χ0n) is 10.3. The van der Waals surface area contributed by atoms with Gasteiger partial charge < -0.3 is 14.2 Å². The molecule has 1 aliphatic heterocycles. The van der Waals surface area contributed by atoms with Crippen LogP contribution in [0.15, 0.2) is 23.8 Å². The summed E-state index contributed by atoms with van der Waals surface area (Å²) in [7, 11) is 1.48. The average molecular weight is 248 g/mol. The van der Waals surface area contributed by atoms with E-state index >= 15 is 0 Å². The van der Waals surface area contributed by atoms with Crippen LogP contribution in [0.3, 0.4) is 0 Å². The van der Waals surface area contributed by atoms with Crippen LogP contribution in [-0.4, -0.2) is 38.5 Å². The molecule has 2 rings (SSSR count). The summed E-state index contributed by atoms with van der Waals surface area (Å²) < 4.78 is 16.3. The van der Waals surface area contributed by atoms with Crippen molar-refractivity contribution in [3.63, 3.8) is 0 Å². The first-order valence-corrected chi connectivity index (χ1v) is 5.88. The molecule has 4 heteroatoms. The number of carbonyl (C=O) groups excluding carboxylic acids is 1. The second kappa shape index (κ2) is 5.49. The molecule has 0 spiro atoms. The Bertz CT molecular complexity index is 430. The second-order valence-corrected chi connectivity index (χ2v) is 4.22. The fourth-order valence-electron chi connectivity index (χ4n) is 2.37. The molecule has 0 radical (unpaired) electrons. The lowest BCUT2D eigenvalue weighted by atomic mass is 9.82. The Hall–Kier alpha value is -1.41. The van der Waals surface area contributed by atoms with Crippen LogP contribution in [-0.2, 0) is 19.0 Å². The molecule has 0 aromatic heterocycles. The lowest BCUT2D eigenvalue weighted by Gasteiger charge is -2.41. The number of ketones is 1. The van der Waals surface area contributed by atoms with Crippen molar-refractivity contribution < 1.29 is 19.0 Å². The standard InChI is InChI=1S/C14H16O4/c1-3-8-17-10-11-7-9-18-14(16-2)12(11)5-4-6-13(14)15/h1,4-6,11H,7-10H2,2H3/t11-,14?/m0/s1. The van der Waals surface area contributed by atoms with Gasteiger partial charge in [-0.2, -0.15) is 0 Å². The minimum Gasteiger partial charge on any atom is -0.368 e. The van der Waals surface area contributed by atoms with Gasteiger partial charge in [-0.1, -0.05) is 18.1 Å². The van der Waals surface area contributed by atoms with Gasteiger partial charge in [-0.15, -0.1) is 6.42 Å². The van der Waals surface area contributed by atoms with Crippen LogP contribution in [0.1, 0.15) is 6.42 Å². The average Bonchev–Trinajstić information content (AvgIpc) is 2.40. The summed E-state index contributed by atoms with van der Waals surface area (Å²) in [5.74, 6) is 1.10. The molecule has 0 aromatic rings. The predicted octanol–water partition coefficient (Wildman–Crippen LogP) is 1.08. The highest BCUT2D eigenvalue weighted by Crippen LogP contribution is 2.38. The topological polar surface area (TPSA) is 44.8 Å². The van der Waals surface area contributed by atoms with Crippen LogP contribution >= 0.6 is 0 Å². The number of allylic oxidation sites excluding steroid dienone is 2. The summed E-state index contributed by atoms with van der Waals surface area (Å²) in [4.78, 5) is 12.0. The van der Waals surface area contributed by atoms with Gasteiger partial charge in [0.25, 0.3) is 5.79 Å². The maximum Gasteiger partial charge on any atom is 0.256 e. The number of rotatable bonds is 4. The largest absolute Gasteiger partial charge is 0.368 e. The lowest BCUT2D eigenvalue weighted by Crippen LogP contribution is -2.51. The van der Waals surface area contributed by atoms with Crippen LogP contribution in [0.4, 0.5) is 0 Å². The van der Waals surface area contributed by atoms with Gasteiger partial charge in [-0.05, 0) is 12.5 Å².